The Kier molecular flexibility index (Phi) is 6.14. The second-order valence-electron chi connectivity index (χ2n) is 6.36. The molecule has 0 atom stereocenters. The van der Waals surface area contributed by atoms with Gasteiger partial charge in [0.25, 0.3) is 0 Å². The van der Waals surface area contributed by atoms with Crippen LogP contribution < -0.4 is 16.0 Å². The number of halogens is 3. The van der Waals surface area contributed by atoms with E-state index in [4.69, 9.17) is 4.74 Å². The predicted molar refractivity (Wildman–Crippen MR) is 106 cm³/mol. The molecular weight excluding hydrogens is 401 g/mol. The van der Waals surface area contributed by atoms with E-state index in [9.17, 15) is 22.8 Å². The zero-order chi connectivity index (χ0) is 21.7. The maximum absolute atomic E-state index is 12.6. The third kappa shape index (κ3) is 5.22. The molecule has 0 radical (unpaired) electrons. The molecule has 0 aliphatic carbocycles. The first-order chi connectivity index (χ1) is 14.3. The van der Waals surface area contributed by atoms with Gasteiger partial charge in [0, 0.05) is 41.9 Å². The van der Waals surface area contributed by atoms with Gasteiger partial charge >= 0.3 is 18.3 Å². The minimum absolute atomic E-state index is 0.154. The molecule has 0 unspecified atom stereocenters. The normalized spacial score (nSPS) is 11.2. The van der Waals surface area contributed by atoms with Crippen molar-refractivity contribution in [2.24, 2.45) is 0 Å². The van der Waals surface area contributed by atoms with E-state index in [1.54, 1.807) is 18.3 Å². The third-order valence-corrected chi connectivity index (χ3v) is 4.29. The third-order valence-electron chi connectivity index (χ3n) is 4.29. The van der Waals surface area contributed by atoms with Gasteiger partial charge in [-0.2, -0.15) is 13.2 Å². The average molecular weight is 420 g/mol. The number of aromatic nitrogens is 1. The molecule has 0 saturated carbocycles. The maximum atomic E-state index is 12.6. The smallest absolute Gasteiger partial charge is 0.416 e. The van der Waals surface area contributed by atoms with Gasteiger partial charge in [0.2, 0.25) is 0 Å². The molecule has 4 N–H and O–H groups in total. The van der Waals surface area contributed by atoms with Gasteiger partial charge in [-0.3, -0.25) is 0 Å². The van der Waals surface area contributed by atoms with E-state index >= 15 is 0 Å². The van der Waals surface area contributed by atoms with Crippen LogP contribution in [-0.2, 0) is 17.3 Å². The molecule has 0 aliphatic rings. The minimum atomic E-state index is -4.44. The highest BCUT2D eigenvalue weighted by atomic mass is 19.4. The number of carbonyl (C=O) groups excluding carboxylic acids is 2. The number of nitrogens with one attached hydrogen (secondary N) is 4. The molecule has 2 aromatic carbocycles. The highest BCUT2D eigenvalue weighted by molar-refractivity contribution is 6.01. The molecule has 0 saturated heterocycles. The van der Waals surface area contributed by atoms with Crippen LogP contribution in [0, 0.1) is 0 Å². The zero-order valence-electron chi connectivity index (χ0n) is 15.9. The van der Waals surface area contributed by atoms with Gasteiger partial charge in [-0.1, -0.05) is 0 Å². The predicted octanol–water partition coefficient (Wildman–Crippen LogP) is 4.73. The van der Waals surface area contributed by atoms with Crippen molar-refractivity contribution in [3.63, 3.8) is 0 Å². The molecule has 0 bridgehead atoms. The molecule has 7 nitrogen and oxygen atoms in total. The Morgan fingerprint density at radius 1 is 1.03 bits per heavy atom. The molecule has 10 heteroatoms. The van der Waals surface area contributed by atoms with Crippen molar-refractivity contribution < 1.29 is 27.5 Å². The summed E-state index contributed by atoms with van der Waals surface area (Å²) in [6.45, 7) is 0.154. The number of anilines is 2. The fourth-order valence-electron chi connectivity index (χ4n) is 2.89. The van der Waals surface area contributed by atoms with Crippen LogP contribution in [0.4, 0.5) is 34.1 Å². The summed E-state index contributed by atoms with van der Waals surface area (Å²) >= 11 is 0. The topological polar surface area (TPSA) is 95.2 Å². The maximum Gasteiger partial charge on any atom is 0.416 e. The summed E-state index contributed by atoms with van der Waals surface area (Å²) in [5, 5.41) is 8.43. The number of ether oxygens (including phenoxy) is 1. The fraction of sp³-hybridized carbons (Fsp3) is 0.200. The summed E-state index contributed by atoms with van der Waals surface area (Å²) in [6.07, 6.45) is -2.80. The van der Waals surface area contributed by atoms with E-state index in [2.05, 4.69) is 20.9 Å². The molecular formula is C20H19F3N4O3. The van der Waals surface area contributed by atoms with Crippen molar-refractivity contribution in [3.05, 3.63) is 59.8 Å². The Bertz CT molecular complexity index is 1050. The zero-order valence-corrected chi connectivity index (χ0v) is 15.9. The molecule has 158 valence electrons. The second kappa shape index (κ2) is 8.76. The first-order valence-electron chi connectivity index (χ1n) is 8.96. The number of aromatic amines is 1. The van der Waals surface area contributed by atoms with Gasteiger partial charge in [0.15, 0.2) is 0 Å². The van der Waals surface area contributed by atoms with Gasteiger partial charge in [0.05, 0.1) is 12.2 Å². The summed E-state index contributed by atoms with van der Waals surface area (Å²) in [6, 6.07) is 8.89. The summed E-state index contributed by atoms with van der Waals surface area (Å²) in [7, 11) is 1.46. The number of benzene rings is 2. The SMILES string of the molecule is CNC(=O)OCCc1cc(NC(=O)Nc2ccc(C(F)(F)F)cc2)cc2[nH]ccc12. The number of hydrogen-bond donors (Lipinski definition) is 4. The molecule has 3 rings (SSSR count). The van der Waals surface area contributed by atoms with E-state index in [0.29, 0.717) is 12.1 Å². The van der Waals surface area contributed by atoms with E-state index in [1.165, 1.54) is 19.2 Å². The van der Waals surface area contributed by atoms with Crippen molar-refractivity contribution in [3.8, 4) is 0 Å². The van der Waals surface area contributed by atoms with Crippen LogP contribution in [0.3, 0.4) is 0 Å². The second-order valence-corrected chi connectivity index (χ2v) is 6.36. The largest absolute Gasteiger partial charge is 0.449 e. The molecule has 1 heterocycles. The van der Waals surface area contributed by atoms with Gasteiger partial charge in [0.1, 0.15) is 0 Å². The van der Waals surface area contributed by atoms with Gasteiger partial charge in [-0.05, 0) is 48.0 Å². The number of carbonyl (C=O) groups is 2. The van der Waals surface area contributed by atoms with Crippen LogP contribution >= 0.6 is 0 Å². The lowest BCUT2D eigenvalue weighted by Crippen LogP contribution is -2.20. The average Bonchev–Trinajstić information content (AvgIpc) is 3.16. The summed E-state index contributed by atoms with van der Waals surface area (Å²) in [4.78, 5) is 26.5. The Labute approximate surface area is 169 Å². The van der Waals surface area contributed by atoms with Crippen molar-refractivity contribution in [1.82, 2.24) is 10.3 Å². The van der Waals surface area contributed by atoms with Gasteiger partial charge in [-0.25, -0.2) is 9.59 Å². The lowest BCUT2D eigenvalue weighted by atomic mass is 10.1. The summed E-state index contributed by atoms with van der Waals surface area (Å²) in [5.74, 6) is 0. The Balaban J connectivity index is 1.68. The number of hydrogen-bond acceptors (Lipinski definition) is 3. The van der Waals surface area contributed by atoms with Crippen LogP contribution in [0.25, 0.3) is 10.9 Å². The van der Waals surface area contributed by atoms with Gasteiger partial charge < -0.3 is 25.7 Å². The Hall–Kier alpha value is -3.69. The van der Waals surface area contributed by atoms with E-state index in [1.807, 2.05) is 6.07 Å². The van der Waals surface area contributed by atoms with Crippen LogP contribution in [-0.4, -0.2) is 30.8 Å². The van der Waals surface area contributed by atoms with Crippen LogP contribution in [0.5, 0.6) is 0 Å². The highest BCUT2D eigenvalue weighted by Gasteiger charge is 2.30. The lowest BCUT2D eigenvalue weighted by molar-refractivity contribution is -0.137. The molecule has 30 heavy (non-hydrogen) atoms. The van der Waals surface area contributed by atoms with Crippen molar-refractivity contribution in [2.45, 2.75) is 12.6 Å². The number of urea groups is 1. The lowest BCUT2D eigenvalue weighted by Gasteiger charge is -2.12. The van der Waals surface area contributed by atoms with Crippen LogP contribution in [0.15, 0.2) is 48.7 Å². The van der Waals surface area contributed by atoms with Crippen LogP contribution in [0.2, 0.25) is 0 Å². The van der Waals surface area contributed by atoms with Crippen LogP contribution in [0.1, 0.15) is 11.1 Å². The highest BCUT2D eigenvalue weighted by Crippen LogP contribution is 2.30. The molecule has 3 amide bonds. The Morgan fingerprint density at radius 2 is 1.73 bits per heavy atom. The first kappa shape index (κ1) is 21.0. The van der Waals surface area contributed by atoms with Gasteiger partial charge in [-0.15, -0.1) is 0 Å². The monoisotopic (exact) mass is 420 g/mol. The van der Waals surface area contributed by atoms with Crippen molar-refractivity contribution >= 4 is 34.4 Å². The molecule has 1 aromatic heterocycles. The summed E-state index contributed by atoms with van der Waals surface area (Å²) < 4.78 is 42.9. The van der Waals surface area contributed by atoms with E-state index < -0.39 is 23.9 Å². The fourth-order valence-corrected chi connectivity index (χ4v) is 2.89. The van der Waals surface area contributed by atoms with Crippen molar-refractivity contribution in [1.29, 1.82) is 0 Å². The number of alkyl halides is 3. The van der Waals surface area contributed by atoms with E-state index in [0.717, 1.165) is 28.6 Å². The molecule has 0 fully saturated rings. The van der Waals surface area contributed by atoms with Crippen molar-refractivity contribution in [2.75, 3.05) is 24.3 Å². The molecule has 0 spiro atoms. The molecule has 3 aromatic rings. The molecule has 0 aliphatic heterocycles. The number of rotatable bonds is 5. The number of H-pyrrole nitrogens is 1. The standard InChI is InChI=1S/C20H19F3N4O3/c1-24-19(29)30-9-7-12-10-15(11-17-16(12)6-8-25-17)27-18(28)26-14-4-2-13(3-5-14)20(21,22)23/h2-6,8,10-11,25H,7,9H2,1H3,(H,24,29)(H2,26,27,28). The minimum Gasteiger partial charge on any atom is -0.449 e. The van der Waals surface area contributed by atoms with E-state index in [-0.39, 0.29) is 12.3 Å². The first-order valence-corrected chi connectivity index (χ1v) is 8.96. The summed E-state index contributed by atoms with van der Waals surface area (Å²) in [5.41, 5.74) is 1.53. The number of fused-ring (bicyclic) bond motifs is 1. The Morgan fingerprint density at radius 3 is 2.40 bits per heavy atom. The number of alkyl carbamates (subject to hydrolysis) is 1. The quantitative estimate of drug-likeness (QED) is 0.481. The number of amides is 3.